The summed E-state index contributed by atoms with van der Waals surface area (Å²) < 4.78 is 5.29. The Morgan fingerprint density at radius 2 is 2.24 bits per heavy atom. The largest absolute Gasteiger partial charge is 0.468 e. The normalized spacial score (nSPS) is 10.8. The maximum absolute atomic E-state index is 12.1. The first-order valence-electron chi connectivity index (χ1n) is 6.68. The number of nitrogen functional groups attached to an aromatic ring is 1. The van der Waals surface area contributed by atoms with Crippen LogP contribution in [-0.4, -0.2) is 23.9 Å². The molecule has 1 amide bonds. The van der Waals surface area contributed by atoms with E-state index in [1.165, 1.54) is 0 Å². The molecule has 0 saturated carbocycles. The van der Waals surface area contributed by atoms with Gasteiger partial charge in [0, 0.05) is 5.02 Å². The van der Waals surface area contributed by atoms with Gasteiger partial charge in [-0.15, -0.1) is 0 Å². The van der Waals surface area contributed by atoms with Crippen LogP contribution < -0.4 is 11.1 Å². The minimum absolute atomic E-state index is 0.127. The van der Waals surface area contributed by atoms with Crippen molar-refractivity contribution in [2.45, 2.75) is 13.5 Å². The lowest BCUT2D eigenvalue weighted by Gasteiger charge is -2.18. The lowest BCUT2D eigenvalue weighted by molar-refractivity contribution is -0.117. The number of hydrogen-bond donors (Lipinski definition) is 2. The molecule has 0 unspecified atom stereocenters. The van der Waals surface area contributed by atoms with E-state index in [1.54, 1.807) is 24.5 Å². The van der Waals surface area contributed by atoms with Gasteiger partial charge in [0.25, 0.3) is 0 Å². The predicted molar refractivity (Wildman–Crippen MR) is 84.2 cm³/mol. The molecule has 0 aliphatic carbocycles. The van der Waals surface area contributed by atoms with Gasteiger partial charge in [-0.05, 0) is 36.9 Å². The molecular formula is C15H18ClN3O2. The summed E-state index contributed by atoms with van der Waals surface area (Å²) in [6, 6.07) is 8.71. The number of rotatable bonds is 6. The molecule has 3 N–H and O–H groups in total. The van der Waals surface area contributed by atoms with Crippen LogP contribution in [0.5, 0.6) is 0 Å². The third-order valence-electron chi connectivity index (χ3n) is 3.06. The Kier molecular flexibility index (Phi) is 5.25. The molecule has 1 aromatic heterocycles. The zero-order valence-corrected chi connectivity index (χ0v) is 12.6. The van der Waals surface area contributed by atoms with Crippen LogP contribution in [0.25, 0.3) is 0 Å². The molecule has 0 spiro atoms. The number of carbonyl (C=O) groups is 1. The number of carbonyl (C=O) groups excluding carboxylic acids is 1. The van der Waals surface area contributed by atoms with E-state index in [0.29, 0.717) is 22.9 Å². The highest BCUT2D eigenvalue weighted by Crippen LogP contribution is 2.22. The molecule has 1 aromatic carbocycles. The van der Waals surface area contributed by atoms with Gasteiger partial charge in [-0.1, -0.05) is 18.5 Å². The summed E-state index contributed by atoms with van der Waals surface area (Å²) >= 11 is 5.83. The Morgan fingerprint density at radius 1 is 1.43 bits per heavy atom. The molecule has 6 heteroatoms. The Balaban J connectivity index is 1.93. The molecule has 0 aliphatic heterocycles. The quantitative estimate of drug-likeness (QED) is 0.805. The van der Waals surface area contributed by atoms with Crippen molar-refractivity contribution in [2.75, 3.05) is 24.1 Å². The van der Waals surface area contributed by atoms with E-state index >= 15 is 0 Å². The van der Waals surface area contributed by atoms with Crippen molar-refractivity contribution in [2.24, 2.45) is 0 Å². The third kappa shape index (κ3) is 4.51. The van der Waals surface area contributed by atoms with Crippen molar-refractivity contribution >= 4 is 28.9 Å². The minimum atomic E-state index is -0.127. The number of halogens is 1. The van der Waals surface area contributed by atoms with Gasteiger partial charge in [-0.2, -0.15) is 0 Å². The smallest absolute Gasteiger partial charge is 0.238 e. The van der Waals surface area contributed by atoms with Crippen molar-refractivity contribution in [3.8, 4) is 0 Å². The number of nitrogens with one attached hydrogen (secondary N) is 1. The Hall–Kier alpha value is -1.98. The van der Waals surface area contributed by atoms with Crippen LogP contribution in [-0.2, 0) is 11.3 Å². The number of furan rings is 1. The van der Waals surface area contributed by atoms with Crippen molar-refractivity contribution < 1.29 is 9.21 Å². The average molecular weight is 308 g/mol. The van der Waals surface area contributed by atoms with Gasteiger partial charge in [0.05, 0.1) is 30.7 Å². The van der Waals surface area contributed by atoms with E-state index in [9.17, 15) is 4.79 Å². The molecule has 0 bridgehead atoms. The molecule has 0 fully saturated rings. The predicted octanol–water partition coefficient (Wildman–Crippen LogP) is 2.98. The number of nitrogens with zero attached hydrogens (tertiary/aromatic N) is 1. The fraction of sp³-hybridized carbons (Fsp3) is 0.267. The van der Waals surface area contributed by atoms with E-state index in [0.717, 1.165) is 12.3 Å². The fourth-order valence-electron chi connectivity index (χ4n) is 1.94. The first kappa shape index (κ1) is 15.4. The molecule has 2 rings (SSSR count). The summed E-state index contributed by atoms with van der Waals surface area (Å²) in [5.41, 5.74) is 6.83. The highest BCUT2D eigenvalue weighted by atomic mass is 35.5. The first-order chi connectivity index (χ1) is 10.1. The van der Waals surface area contributed by atoms with Crippen molar-refractivity contribution in [3.63, 3.8) is 0 Å². The van der Waals surface area contributed by atoms with Crippen LogP contribution in [0.1, 0.15) is 12.7 Å². The highest BCUT2D eigenvalue weighted by Gasteiger charge is 2.12. The maximum Gasteiger partial charge on any atom is 0.238 e. The van der Waals surface area contributed by atoms with Gasteiger partial charge in [-0.25, -0.2) is 0 Å². The topological polar surface area (TPSA) is 71.5 Å². The monoisotopic (exact) mass is 307 g/mol. The molecule has 0 aliphatic rings. The Labute approximate surface area is 128 Å². The number of hydrogen-bond acceptors (Lipinski definition) is 4. The maximum atomic E-state index is 12.1. The highest BCUT2D eigenvalue weighted by molar-refractivity contribution is 6.31. The minimum Gasteiger partial charge on any atom is -0.468 e. The van der Waals surface area contributed by atoms with Crippen molar-refractivity contribution in [3.05, 3.63) is 47.4 Å². The van der Waals surface area contributed by atoms with Crippen LogP contribution in [0.15, 0.2) is 41.0 Å². The molecule has 21 heavy (non-hydrogen) atoms. The second-order valence-electron chi connectivity index (χ2n) is 4.66. The molecule has 5 nitrogen and oxygen atoms in total. The van der Waals surface area contributed by atoms with Crippen LogP contribution in [0.4, 0.5) is 11.4 Å². The van der Waals surface area contributed by atoms with Crippen LogP contribution >= 0.6 is 11.6 Å². The standard InChI is InChI=1S/C15H18ClN3O2/c1-2-19(9-12-4-3-7-21-12)10-15(20)18-14-6-5-11(16)8-13(14)17/h3-8H,2,9-10,17H2,1H3,(H,18,20). The second kappa shape index (κ2) is 7.15. The molecule has 0 saturated heterocycles. The second-order valence-corrected chi connectivity index (χ2v) is 5.10. The summed E-state index contributed by atoms with van der Waals surface area (Å²) in [7, 11) is 0. The number of benzene rings is 1. The average Bonchev–Trinajstić information content (AvgIpc) is 2.94. The SMILES string of the molecule is CCN(CC(=O)Nc1ccc(Cl)cc1N)Cc1ccco1. The Bertz CT molecular complexity index is 599. The Morgan fingerprint density at radius 3 is 2.86 bits per heavy atom. The molecule has 2 aromatic rings. The molecule has 1 heterocycles. The van der Waals surface area contributed by atoms with Crippen LogP contribution in [0.2, 0.25) is 5.02 Å². The zero-order chi connectivity index (χ0) is 15.2. The van der Waals surface area contributed by atoms with Crippen LogP contribution in [0.3, 0.4) is 0 Å². The number of amides is 1. The van der Waals surface area contributed by atoms with E-state index in [4.69, 9.17) is 21.8 Å². The lowest BCUT2D eigenvalue weighted by atomic mass is 10.2. The summed E-state index contributed by atoms with van der Waals surface area (Å²) in [5.74, 6) is 0.702. The summed E-state index contributed by atoms with van der Waals surface area (Å²) in [6.45, 7) is 3.59. The van der Waals surface area contributed by atoms with Gasteiger partial charge >= 0.3 is 0 Å². The zero-order valence-electron chi connectivity index (χ0n) is 11.8. The summed E-state index contributed by atoms with van der Waals surface area (Å²) in [4.78, 5) is 14.0. The number of anilines is 2. The van der Waals surface area contributed by atoms with Gasteiger partial charge in [-0.3, -0.25) is 9.69 Å². The van der Waals surface area contributed by atoms with E-state index in [-0.39, 0.29) is 12.5 Å². The molecular weight excluding hydrogens is 290 g/mol. The first-order valence-corrected chi connectivity index (χ1v) is 7.06. The van der Waals surface area contributed by atoms with Gasteiger partial charge < -0.3 is 15.5 Å². The van der Waals surface area contributed by atoms with E-state index in [2.05, 4.69) is 5.32 Å². The van der Waals surface area contributed by atoms with E-state index < -0.39 is 0 Å². The van der Waals surface area contributed by atoms with Gasteiger partial charge in [0.15, 0.2) is 0 Å². The van der Waals surface area contributed by atoms with Gasteiger partial charge in [0.1, 0.15) is 5.76 Å². The van der Waals surface area contributed by atoms with Gasteiger partial charge in [0.2, 0.25) is 5.91 Å². The molecule has 0 atom stereocenters. The summed E-state index contributed by atoms with van der Waals surface area (Å²) in [6.07, 6.45) is 1.62. The lowest BCUT2D eigenvalue weighted by Crippen LogP contribution is -2.32. The molecule has 0 radical (unpaired) electrons. The molecule has 112 valence electrons. The van der Waals surface area contributed by atoms with Crippen molar-refractivity contribution in [1.29, 1.82) is 0 Å². The van der Waals surface area contributed by atoms with E-state index in [1.807, 2.05) is 24.0 Å². The number of nitrogens with two attached hydrogens (primary N) is 1. The third-order valence-corrected chi connectivity index (χ3v) is 3.30. The number of likely N-dealkylation sites (N-methyl/N-ethyl adjacent to an activating group) is 1. The van der Waals surface area contributed by atoms with Crippen LogP contribution in [0, 0.1) is 0 Å². The van der Waals surface area contributed by atoms with Crippen molar-refractivity contribution in [1.82, 2.24) is 4.90 Å². The fourth-order valence-corrected chi connectivity index (χ4v) is 2.12. The summed E-state index contributed by atoms with van der Waals surface area (Å²) in [5, 5.41) is 3.33.